The van der Waals surface area contributed by atoms with Gasteiger partial charge >= 0.3 is 0 Å². The van der Waals surface area contributed by atoms with E-state index in [9.17, 15) is 0 Å². The van der Waals surface area contributed by atoms with Crippen LogP contribution in [0.3, 0.4) is 0 Å². The summed E-state index contributed by atoms with van der Waals surface area (Å²) >= 11 is 2.96. The molecule has 0 radical (unpaired) electrons. The van der Waals surface area contributed by atoms with Crippen molar-refractivity contribution >= 4 is 23.1 Å². The third kappa shape index (κ3) is 3.55. The molecule has 24 heavy (non-hydrogen) atoms. The summed E-state index contributed by atoms with van der Waals surface area (Å²) in [4.78, 5) is 5.65. The van der Waals surface area contributed by atoms with E-state index in [0.717, 1.165) is 37.6 Å². The lowest BCUT2D eigenvalue weighted by Gasteiger charge is -2.00. The molecule has 0 unspecified atom stereocenters. The number of rotatable bonds is 5. The minimum absolute atomic E-state index is 0.370. The second kappa shape index (κ2) is 7.43. The number of hydrogen-bond acceptors (Lipinski definition) is 7. The molecule has 3 rings (SSSR count). The van der Waals surface area contributed by atoms with Gasteiger partial charge in [0.1, 0.15) is 21.5 Å². The Bertz CT molecular complexity index is 867. The summed E-state index contributed by atoms with van der Waals surface area (Å²) in [5.41, 5.74) is 2.77. The van der Waals surface area contributed by atoms with E-state index in [1.165, 1.54) is 11.8 Å². The maximum absolute atomic E-state index is 8.61. The Morgan fingerprint density at radius 1 is 1.17 bits per heavy atom. The molecule has 0 fully saturated rings. The van der Waals surface area contributed by atoms with Gasteiger partial charge in [-0.2, -0.15) is 5.26 Å². The van der Waals surface area contributed by atoms with Crippen molar-refractivity contribution in [3.8, 4) is 33.0 Å². The van der Waals surface area contributed by atoms with E-state index in [4.69, 9.17) is 10.00 Å². The first-order valence-electron chi connectivity index (χ1n) is 7.17. The van der Waals surface area contributed by atoms with Gasteiger partial charge in [-0.1, -0.05) is 11.8 Å². The van der Waals surface area contributed by atoms with Crippen LogP contribution in [0.1, 0.15) is 5.69 Å². The number of nitriles is 1. The summed E-state index contributed by atoms with van der Waals surface area (Å²) in [6.45, 7) is 1.97. The minimum atomic E-state index is 0.370. The molecule has 0 saturated carbocycles. The summed E-state index contributed by atoms with van der Waals surface area (Å²) in [6.07, 6.45) is 0. The number of hydrogen-bond donors (Lipinski definition) is 0. The van der Waals surface area contributed by atoms with Crippen LogP contribution in [-0.2, 0) is 0 Å². The third-order valence-electron chi connectivity index (χ3n) is 3.29. The second-order valence-electron chi connectivity index (χ2n) is 4.87. The van der Waals surface area contributed by atoms with Crippen molar-refractivity contribution in [2.24, 2.45) is 0 Å². The van der Waals surface area contributed by atoms with Gasteiger partial charge in [0.2, 0.25) is 0 Å². The number of ether oxygens (including phenoxy) is 1. The zero-order chi connectivity index (χ0) is 16.9. The Morgan fingerprint density at radius 2 is 1.96 bits per heavy atom. The summed E-state index contributed by atoms with van der Waals surface area (Å²) in [6, 6.07) is 13.7. The number of thiazole rings is 1. The van der Waals surface area contributed by atoms with Gasteiger partial charge in [-0.05, 0) is 43.3 Å². The van der Waals surface area contributed by atoms with Crippen LogP contribution in [0.4, 0.5) is 0 Å². The maximum Gasteiger partial charge on any atom is 0.124 e. The first-order chi connectivity index (χ1) is 11.7. The summed E-state index contributed by atoms with van der Waals surface area (Å²) in [5.74, 6) is 1.19. The van der Waals surface area contributed by atoms with E-state index in [1.807, 2.05) is 43.3 Å². The van der Waals surface area contributed by atoms with Gasteiger partial charge in [0.05, 0.1) is 29.5 Å². The molecular formula is C17H14N4OS2. The van der Waals surface area contributed by atoms with Crippen molar-refractivity contribution in [2.45, 2.75) is 11.9 Å². The van der Waals surface area contributed by atoms with Gasteiger partial charge in [-0.15, -0.1) is 21.5 Å². The number of methoxy groups -OCH3 is 1. The van der Waals surface area contributed by atoms with E-state index >= 15 is 0 Å². The fourth-order valence-corrected chi connectivity index (χ4v) is 3.63. The number of aryl methyl sites for hydroxylation is 1. The zero-order valence-corrected chi connectivity index (χ0v) is 14.8. The normalized spacial score (nSPS) is 10.4. The highest BCUT2D eigenvalue weighted by Crippen LogP contribution is 2.34. The lowest BCUT2D eigenvalue weighted by molar-refractivity contribution is 0.415. The predicted octanol–water partition coefficient (Wildman–Crippen LogP) is 4.20. The lowest BCUT2D eigenvalue weighted by atomic mass is 10.2. The number of aromatic nitrogens is 3. The molecule has 2 heterocycles. The number of nitrogens with zero attached hydrogens (tertiary/aromatic N) is 4. The predicted molar refractivity (Wildman–Crippen MR) is 96.2 cm³/mol. The molecule has 120 valence electrons. The zero-order valence-electron chi connectivity index (χ0n) is 13.2. The molecule has 0 aliphatic heterocycles. The molecule has 0 aliphatic carbocycles. The molecule has 7 heteroatoms. The van der Waals surface area contributed by atoms with Crippen molar-refractivity contribution < 1.29 is 4.74 Å². The Kier molecular flexibility index (Phi) is 5.08. The quantitative estimate of drug-likeness (QED) is 0.640. The fraction of sp³-hybridized carbons (Fsp3) is 0.176. The molecule has 3 aromatic rings. The summed E-state index contributed by atoms with van der Waals surface area (Å²) < 4.78 is 5.19. The highest BCUT2D eigenvalue weighted by Gasteiger charge is 2.13. The van der Waals surface area contributed by atoms with Crippen molar-refractivity contribution in [2.75, 3.05) is 12.9 Å². The van der Waals surface area contributed by atoms with Crippen molar-refractivity contribution in [3.05, 3.63) is 42.1 Å². The van der Waals surface area contributed by atoms with E-state index in [0.29, 0.717) is 5.75 Å². The highest BCUT2D eigenvalue weighted by molar-refractivity contribution is 7.99. The van der Waals surface area contributed by atoms with Crippen LogP contribution in [0, 0.1) is 18.3 Å². The van der Waals surface area contributed by atoms with Gasteiger partial charge in [-0.25, -0.2) is 4.98 Å². The highest BCUT2D eigenvalue weighted by atomic mass is 32.2. The number of benzene rings is 1. The maximum atomic E-state index is 8.61. The standard InChI is InChI=1S/C17H14N4OS2/c1-11-16(14-7-8-15(21-20-14)23-10-9-18)24-17(19-11)12-3-5-13(22-2)6-4-12/h3-8H,10H2,1-2H3. The van der Waals surface area contributed by atoms with E-state index in [1.54, 1.807) is 18.4 Å². The monoisotopic (exact) mass is 354 g/mol. The minimum Gasteiger partial charge on any atom is -0.497 e. The van der Waals surface area contributed by atoms with E-state index < -0.39 is 0 Å². The van der Waals surface area contributed by atoms with Crippen LogP contribution < -0.4 is 4.74 Å². The first-order valence-corrected chi connectivity index (χ1v) is 8.97. The first kappa shape index (κ1) is 16.4. The van der Waals surface area contributed by atoms with E-state index in [-0.39, 0.29) is 0 Å². The Balaban J connectivity index is 1.86. The van der Waals surface area contributed by atoms with Gasteiger partial charge in [0, 0.05) is 5.56 Å². The lowest BCUT2D eigenvalue weighted by Crippen LogP contribution is -1.89. The van der Waals surface area contributed by atoms with Crippen molar-refractivity contribution in [1.82, 2.24) is 15.2 Å². The molecular weight excluding hydrogens is 340 g/mol. The largest absolute Gasteiger partial charge is 0.497 e. The van der Waals surface area contributed by atoms with Crippen molar-refractivity contribution in [3.63, 3.8) is 0 Å². The third-order valence-corrected chi connectivity index (χ3v) is 5.31. The molecule has 0 aliphatic rings. The Hall–Kier alpha value is -2.43. The van der Waals surface area contributed by atoms with Gasteiger partial charge < -0.3 is 4.74 Å². The molecule has 0 bridgehead atoms. The summed E-state index contributed by atoms with van der Waals surface area (Å²) in [5, 5.41) is 18.7. The van der Waals surface area contributed by atoms with Gasteiger partial charge in [0.15, 0.2) is 0 Å². The summed E-state index contributed by atoms with van der Waals surface area (Å²) in [7, 11) is 1.65. The molecule has 1 aromatic carbocycles. The Labute approximate surface area is 148 Å². The van der Waals surface area contributed by atoms with Gasteiger partial charge in [0.25, 0.3) is 0 Å². The molecule has 0 saturated heterocycles. The van der Waals surface area contributed by atoms with Crippen LogP contribution >= 0.6 is 23.1 Å². The average Bonchev–Trinajstić information content (AvgIpc) is 3.02. The van der Waals surface area contributed by atoms with Crippen LogP contribution in [0.2, 0.25) is 0 Å². The van der Waals surface area contributed by atoms with Gasteiger partial charge in [-0.3, -0.25) is 0 Å². The Morgan fingerprint density at radius 3 is 2.58 bits per heavy atom. The van der Waals surface area contributed by atoms with Crippen LogP contribution in [0.15, 0.2) is 41.4 Å². The van der Waals surface area contributed by atoms with Crippen LogP contribution in [0.25, 0.3) is 21.1 Å². The number of thioether (sulfide) groups is 1. The van der Waals surface area contributed by atoms with E-state index in [2.05, 4.69) is 21.3 Å². The fourth-order valence-electron chi connectivity index (χ4n) is 2.12. The molecule has 2 aromatic heterocycles. The molecule has 5 nitrogen and oxygen atoms in total. The molecule has 0 spiro atoms. The SMILES string of the molecule is COc1ccc(-c2nc(C)c(-c3ccc(SCC#N)nn3)s2)cc1. The molecule has 0 amide bonds. The van der Waals surface area contributed by atoms with Crippen LogP contribution in [-0.4, -0.2) is 28.0 Å². The molecule has 0 atom stereocenters. The average molecular weight is 354 g/mol. The van der Waals surface area contributed by atoms with Crippen LogP contribution in [0.5, 0.6) is 5.75 Å². The topological polar surface area (TPSA) is 71.7 Å². The van der Waals surface area contributed by atoms with Crippen molar-refractivity contribution in [1.29, 1.82) is 5.26 Å². The second-order valence-corrected chi connectivity index (χ2v) is 6.86. The smallest absolute Gasteiger partial charge is 0.124 e. The molecule has 0 N–H and O–H groups in total.